The molecule has 0 aliphatic heterocycles. The Hall–Kier alpha value is -0.960. The molecule has 0 saturated heterocycles. The Kier molecular flexibility index (Phi) is 3.24. The molecule has 1 nitrogen and oxygen atoms in total. The average molecular weight is 225 g/mol. The van der Waals surface area contributed by atoms with E-state index in [1.54, 1.807) is 0 Å². The largest absolute Gasteiger partial charge is 0.310 e. The third-order valence-electron chi connectivity index (χ3n) is 3.39. The molecule has 3 heteroatoms. The van der Waals surface area contributed by atoms with Crippen molar-refractivity contribution in [2.45, 2.75) is 26.3 Å². The first-order chi connectivity index (χ1) is 7.58. The molecule has 1 N–H and O–H groups in total. The maximum Gasteiger partial charge on any atom is 0.130 e. The highest BCUT2D eigenvalue weighted by molar-refractivity contribution is 5.21. The molecule has 0 bridgehead atoms. The van der Waals surface area contributed by atoms with E-state index in [9.17, 15) is 8.78 Å². The van der Waals surface area contributed by atoms with E-state index in [4.69, 9.17) is 0 Å². The molecule has 2 rings (SSSR count). The minimum absolute atomic E-state index is 0.0617. The first-order valence-corrected chi connectivity index (χ1v) is 5.76. The second-order valence-electron chi connectivity index (χ2n) is 4.77. The second-order valence-corrected chi connectivity index (χ2v) is 4.77. The van der Waals surface area contributed by atoms with Gasteiger partial charge in [-0.3, -0.25) is 0 Å². The molecule has 3 unspecified atom stereocenters. The van der Waals surface area contributed by atoms with Crippen molar-refractivity contribution >= 4 is 0 Å². The highest BCUT2D eigenvalue weighted by Gasteiger charge is 2.32. The number of hydrogen-bond acceptors (Lipinski definition) is 1. The molecule has 0 spiro atoms. The molecular weight excluding hydrogens is 208 g/mol. The zero-order valence-corrected chi connectivity index (χ0v) is 9.63. The highest BCUT2D eigenvalue weighted by Crippen LogP contribution is 2.37. The molecule has 1 aliphatic carbocycles. The van der Waals surface area contributed by atoms with Crippen LogP contribution in [-0.4, -0.2) is 6.54 Å². The lowest BCUT2D eigenvalue weighted by atomic mass is 10.1. The first kappa shape index (κ1) is 11.5. The normalized spacial score (nSPS) is 25.5. The van der Waals surface area contributed by atoms with E-state index in [1.165, 1.54) is 18.6 Å². The minimum atomic E-state index is -0.524. The zero-order valence-electron chi connectivity index (χ0n) is 9.63. The van der Waals surface area contributed by atoms with E-state index in [-0.39, 0.29) is 6.04 Å². The molecule has 16 heavy (non-hydrogen) atoms. The smallest absolute Gasteiger partial charge is 0.130 e. The summed E-state index contributed by atoms with van der Waals surface area (Å²) in [6, 6.07) is 3.69. The molecule has 0 radical (unpaired) electrons. The summed E-state index contributed by atoms with van der Waals surface area (Å²) in [5.74, 6) is 0.525. The summed E-state index contributed by atoms with van der Waals surface area (Å²) in [5.41, 5.74) is 0.537. The number of nitrogens with one attached hydrogen (secondary N) is 1. The molecule has 1 saturated carbocycles. The molecular formula is C13H17F2N. The summed E-state index contributed by atoms with van der Waals surface area (Å²) in [5, 5.41) is 3.29. The van der Waals surface area contributed by atoms with Gasteiger partial charge in [0.15, 0.2) is 0 Å². The van der Waals surface area contributed by atoms with Crippen molar-refractivity contribution in [3.63, 3.8) is 0 Å². The van der Waals surface area contributed by atoms with Crippen LogP contribution >= 0.6 is 0 Å². The van der Waals surface area contributed by atoms with Crippen molar-refractivity contribution in [1.29, 1.82) is 0 Å². The SMILES string of the molecule is CC(NCC1CC1C)c1ccc(F)cc1F. The van der Waals surface area contributed by atoms with E-state index >= 15 is 0 Å². The molecule has 1 aliphatic rings. The van der Waals surface area contributed by atoms with Crippen molar-refractivity contribution in [3.8, 4) is 0 Å². The van der Waals surface area contributed by atoms with E-state index < -0.39 is 11.6 Å². The van der Waals surface area contributed by atoms with E-state index in [2.05, 4.69) is 12.2 Å². The van der Waals surface area contributed by atoms with Crippen LogP contribution in [-0.2, 0) is 0 Å². The summed E-state index contributed by atoms with van der Waals surface area (Å²) in [6.07, 6.45) is 1.26. The number of benzene rings is 1. The Morgan fingerprint density at radius 2 is 2.12 bits per heavy atom. The molecule has 0 amide bonds. The quantitative estimate of drug-likeness (QED) is 0.829. The fraction of sp³-hybridized carbons (Fsp3) is 0.538. The summed E-state index contributed by atoms with van der Waals surface area (Å²) in [7, 11) is 0. The van der Waals surface area contributed by atoms with Gasteiger partial charge in [-0.1, -0.05) is 13.0 Å². The van der Waals surface area contributed by atoms with Crippen LogP contribution in [0.4, 0.5) is 8.78 Å². The Morgan fingerprint density at radius 3 is 2.69 bits per heavy atom. The molecule has 0 aromatic heterocycles. The Balaban J connectivity index is 1.94. The van der Waals surface area contributed by atoms with Crippen LogP contribution in [0.5, 0.6) is 0 Å². The lowest BCUT2D eigenvalue weighted by molar-refractivity contribution is 0.500. The fourth-order valence-corrected chi connectivity index (χ4v) is 1.97. The topological polar surface area (TPSA) is 12.0 Å². The van der Waals surface area contributed by atoms with Gasteiger partial charge in [0, 0.05) is 17.7 Å². The van der Waals surface area contributed by atoms with E-state index in [1.807, 2.05) is 6.92 Å². The monoisotopic (exact) mass is 225 g/mol. The first-order valence-electron chi connectivity index (χ1n) is 5.76. The number of rotatable bonds is 4. The number of hydrogen-bond donors (Lipinski definition) is 1. The third kappa shape index (κ3) is 2.59. The Bertz CT molecular complexity index is 378. The number of halogens is 2. The van der Waals surface area contributed by atoms with Gasteiger partial charge in [0.2, 0.25) is 0 Å². The molecule has 1 fully saturated rings. The average Bonchev–Trinajstić information content (AvgIpc) is 2.91. The van der Waals surface area contributed by atoms with Crippen LogP contribution in [0.1, 0.15) is 31.9 Å². The molecule has 3 atom stereocenters. The van der Waals surface area contributed by atoms with Crippen LogP contribution in [0.25, 0.3) is 0 Å². The van der Waals surface area contributed by atoms with Crippen molar-refractivity contribution in [2.75, 3.05) is 6.54 Å². The molecule has 88 valence electrons. The van der Waals surface area contributed by atoms with Crippen molar-refractivity contribution in [2.24, 2.45) is 11.8 Å². The lowest BCUT2D eigenvalue weighted by Crippen LogP contribution is -2.22. The van der Waals surface area contributed by atoms with Gasteiger partial charge >= 0.3 is 0 Å². The fourth-order valence-electron chi connectivity index (χ4n) is 1.97. The van der Waals surface area contributed by atoms with E-state index in [0.29, 0.717) is 5.56 Å². The van der Waals surface area contributed by atoms with E-state index in [0.717, 1.165) is 24.4 Å². The van der Waals surface area contributed by atoms with Crippen LogP contribution < -0.4 is 5.32 Å². The Morgan fingerprint density at radius 1 is 1.44 bits per heavy atom. The molecule has 1 aromatic rings. The maximum atomic E-state index is 13.4. The lowest BCUT2D eigenvalue weighted by Gasteiger charge is -2.14. The predicted molar refractivity (Wildman–Crippen MR) is 60.0 cm³/mol. The molecule has 0 heterocycles. The summed E-state index contributed by atoms with van der Waals surface area (Å²) >= 11 is 0. The van der Waals surface area contributed by atoms with Crippen LogP contribution in [0.15, 0.2) is 18.2 Å². The van der Waals surface area contributed by atoms with Gasteiger partial charge in [-0.05, 0) is 37.8 Å². The summed E-state index contributed by atoms with van der Waals surface area (Å²) in [4.78, 5) is 0. The van der Waals surface area contributed by atoms with Crippen molar-refractivity contribution in [1.82, 2.24) is 5.32 Å². The van der Waals surface area contributed by atoms with Gasteiger partial charge in [-0.2, -0.15) is 0 Å². The minimum Gasteiger partial charge on any atom is -0.310 e. The predicted octanol–water partition coefficient (Wildman–Crippen LogP) is 3.27. The van der Waals surface area contributed by atoms with Gasteiger partial charge < -0.3 is 5.32 Å². The third-order valence-corrected chi connectivity index (χ3v) is 3.39. The zero-order chi connectivity index (χ0) is 11.7. The van der Waals surface area contributed by atoms with Crippen molar-refractivity contribution < 1.29 is 8.78 Å². The molecule has 1 aromatic carbocycles. The standard InChI is InChI=1S/C13H17F2N/c1-8-5-10(8)7-16-9(2)12-4-3-11(14)6-13(12)15/h3-4,6,8-10,16H,5,7H2,1-2H3. The van der Waals surface area contributed by atoms with Crippen LogP contribution in [0.3, 0.4) is 0 Å². The van der Waals surface area contributed by atoms with Gasteiger partial charge in [-0.25, -0.2) is 8.78 Å². The highest BCUT2D eigenvalue weighted by atomic mass is 19.1. The van der Waals surface area contributed by atoms with Gasteiger partial charge in [0.05, 0.1) is 0 Å². The van der Waals surface area contributed by atoms with Gasteiger partial charge in [0.1, 0.15) is 11.6 Å². The Labute approximate surface area is 94.9 Å². The summed E-state index contributed by atoms with van der Waals surface area (Å²) < 4.78 is 26.2. The van der Waals surface area contributed by atoms with Gasteiger partial charge in [-0.15, -0.1) is 0 Å². The van der Waals surface area contributed by atoms with Crippen molar-refractivity contribution in [3.05, 3.63) is 35.4 Å². The van der Waals surface area contributed by atoms with Crippen LogP contribution in [0, 0.1) is 23.5 Å². The maximum absolute atomic E-state index is 13.4. The van der Waals surface area contributed by atoms with Crippen LogP contribution in [0.2, 0.25) is 0 Å². The second kappa shape index (κ2) is 4.50. The summed E-state index contributed by atoms with van der Waals surface area (Å²) in [6.45, 7) is 5.04. The van der Waals surface area contributed by atoms with Gasteiger partial charge in [0.25, 0.3) is 0 Å².